The Hall–Kier alpha value is -2.14. The van der Waals surface area contributed by atoms with E-state index in [9.17, 15) is 13.2 Å². The van der Waals surface area contributed by atoms with Gasteiger partial charge in [-0.15, -0.1) is 0 Å². The zero-order valence-corrected chi connectivity index (χ0v) is 19.7. The molecule has 31 heavy (non-hydrogen) atoms. The van der Waals surface area contributed by atoms with Crippen molar-refractivity contribution in [3.8, 4) is 0 Å². The molecular weight excluding hydrogens is 436 g/mol. The molecule has 1 atom stereocenters. The largest absolute Gasteiger partial charge is 0.347 e. The number of aromatic nitrogens is 4. The number of nitrogens with zero attached hydrogens (tertiary/aromatic N) is 6. The Bertz CT molecular complexity index is 1030. The number of rotatable bonds is 6. The number of piperidine rings is 1. The first-order chi connectivity index (χ1) is 14.7. The van der Waals surface area contributed by atoms with Crippen LogP contribution in [0.1, 0.15) is 50.7 Å². The molecule has 0 bridgehead atoms. The summed E-state index contributed by atoms with van der Waals surface area (Å²) >= 11 is 1.46. The molecule has 2 aliphatic rings. The van der Waals surface area contributed by atoms with E-state index in [0.29, 0.717) is 18.2 Å². The van der Waals surface area contributed by atoms with Crippen LogP contribution in [0.15, 0.2) is 17.3 Å². The van der Waals surface area contributed by atoms with E-state index in [1.807, 2.05) is 4.90 Å². The van der Waals surface area contributed by atoms with Crippen LogP contribution in [-0.2, 0) is 21.1 Å². The zero-order chi connectivity index (χ0) is 22.2. The summed E-state index contributed by atoms with van der Waals surface area (Å²) in [4.78, 5) is 30.4. The van der Waals surface area contributed by atoms with Crippen molar-refractivity contribution in [3.05, 3.63) is 24.0 Å². The average molecular weight is 465 g/mol. The van der Waals surface area contributed by atoms with E-state index in [-0.39, 0.29) is 22.8 Å². The number of carbonyl (C=O) groups excluding carboxylic acids is 1. The smallest absolute Gasteiger partial charge is 0.226 e. The molecule has 4 heterocycles. The molecule has 11 heteroatoms. The summed E-state index contributed by atoms with van der Waals surface area (Å²) in [5.74, 6) is 1.76. The third-order valence-electron chi connectivity index (χ3n) is 6.01. The maximum Gasteiger partial charge on any atom is 0.226 e. The maximum atomic E-state index is 13.0. The van der Waals surface area contributed by atoms with Crippen molar-refractivity contribution in [2.75, 3.05) is 30.8 Å². The van der Waals surface area contributed by atoms with E-state index < -0.39 is 9.84 Å². The molecule has 0 spiro atoms. The minimum atomic E-state index is -3.32. The fourth-order valence-electron chi connectivity index (χ4n) is 4.13. The van der Waals surface area contributed by atoms with Gasteiger partial charge in [-0.05, 0) is 19.3 Å². The SMILES string of the molecule is CC(C)c1nsc(N2CCC(N3CC[C@H](Cc4ncc(S(C)(=O)=O)cn4)C3=O)CC2)n1. The average Bonchev–Trinajstić information content (AvgIpc) is 3.36. The van der Waals surface area contributed by atoms with Gasteiger partial charge >= 0.3 is 0 Å². The monoisotopic (exact) mass is 464 g/mol. The molecule has 9 nitrogen and oxygen atoms in total. The van der Waals surface area contributed by atoms with Crippen LogP contribution in [0.25, 0.3) is 0 Å². The van der Waals surface area contributed by atoms with Gasteiger partial charge in [0.1, 0.15) is 16.5 Å². The molecule has 0 aromatic carbocycles. The molecule has 2 aromatic heterocycles. The second-order valence-electron chi connectivity index (χ2n) is 8.64. The molecule has 2 aliphatic heterocycles. The number of amides is 1. The summed E-state index contributed by atoms with van der Waals surface area (Å²) in [6.07, 6.45) is 6.85. The highest BCUT2D eigenvalue weighted by Crippen LogP contribution is 2.30. The molecule has 168 valence electrons. The van der Waals surface area contributed by atoms with Crippen molar-refractivity contribution in [2.45, 2.75) is 56.4 Å². The number of anilines is 1. The third-order valence-corrected chi connectivity index (χ3v) is 7.87. The molecule has 2 aromatic rings. The van der Waals surface area contributed by atoms with Gasteiger partial charge in [-0.25, -0.2) is 23.4 Å². The van der Waals surface area contributed by atoms with Gasteiger partial charge in [0.15, 0.2) is 9.84 Å². The van der Waals surface area contributed by atoms with Crippen LogP contribution in [0.5, 0.6) is 0 Å². The predicted octanol–water partition coefficient (Wildman–Crippen LogP) is 1.92. The lowest BCUT2D eigenvalue weighted by Gasteiger charge is -2.36. The van der Waals surface area contributed by atoms with Gasteiger partial charge in [-0.1, -0.05) is 13.8 Å². The molecule has 0 saturated carbocycles. The van der Waals surface area contributed by atoms with Gasteiger partial charge in [-0.3, -0.25) is 4.79 Å². The molecule has 2 saturated heterocycles. The third kappa shape index (κ3) is 4.87. The van der Waals surface area contributed by atoms with Crippen LogP contribution < -0.4 is 4.90 Å². The Morgan fingerprint density at radius 3 is 2.39 bits per heavy atom. The van der Waals surface area contributed by atoms with E-state index in [2.05, 4.69) is 38.1 Å². The fraction of sp³-hybridized carbons (Fsp3) is 0.650. The minimum Gasteiger partial charge on any atom is -0.347 e. The molecule has 0 radical (unpaired) electrons. The van der Waals surface area contributed by atoms with Gasteiger partial charge < -0.3 is 9.80 Å². The molecule has 0 N–H and O–H groups in total. The van der Waals surface area contributed by atoms with Crippen molar-refractivity contribution in [1.29, 1.82) is 0 Å². The number of hydrogen-bond acceptors (Lipinski definition) is 9. The Kier molecular flexibility index (Phi) is 6.25. The van der Waals surface area contributed by atoms with Gasteiger partial charge in [0.05, 0.1) is 0 Å². The lowest BCUT2D eigenvalue weighted by molar-refractivity contribution is -0.133. The van der Waals surface area contributed by atoms with Crippen LogP contribution in [0, 0.1) is 5.92 Å². The van der Waals surface area contributed by atoms with Crippen molar-refractivity contribution < 1.29 is 13.2 Å². The fourth-order valence-corrected chi connectivity index (χ4v) is 5.48. The van der Waals surface area contributed by atoms with Crippen LogP contribution in [-0.4, -0.2) is 70.5 Å². The summed E-state index contributed by atoms with van der Waals surface area (Å²) < 4.78 is 27.6. The topological polar surface area (TPSA) is 109 Å². The van der Waals surface area contributed by atoms with Crippen LogP contribution in [0.2, 0.25) is 0 Å². The number of carbonyl (C=O) groups is 1. The summed E-state index contributed by atoms with van der Waals surface area (Å²) in [6, 6.07) is 0.250. The zero-order valence-electron chi connectivity index (χ0n) is 18.1. The van der Waals surface area contributed by atoms with E-state index in [1.54, 1.807) is 0 Å². The molecule has 0 aliphatic carbocycles. The first-order valence-electron chi connectivity index (χ1n) is 10.6. The Morgan fingerprint density at radius 1 is 1.13 bits per heavy atom. The summed E-state index contributed by atoms with van der Waals surface area (Å²) in [5, 5.41) is 0.975. The van der Waals surface area contributed by atoms with Gasteiger partial charge in [-0.2, -0.15) is 4.37 Å². The van der Waals surface area contributed by atoms with Crippen molar-refractivity contribution >= 4 is 32.4 Å². The predicted molar refractivity (Wildman–Crippen MR) is 118 cm³/mol. The minimum absolute atomic E-state index is 0.0957. The molecule has 2 fully saturated rings. The van der Waals surface area contributed by atoms with Crippen molar-refractivity contribution in [1.82, 2.24) is 24.2 Å². The van der Waals surface area contributed by atoms with Crippen molar-refractivity contribution in [2.24, 2.45) is 5.92 Å². The van der Waals surface area contributed by atoms with E-state index >= 15 is 0 Å². The highest BCUT2D eigenvalue weighted by Gasteiger charge is 2.37. The van der Waals surface area contributed by atoms with Crippen LogP contribution in [0.3, 0.4) is 0 Å². The highest BCUT2D eigenvalue weighted by atomic mass is 32.2. The second-order valence-corrected chi connectivity index (χ2v) is 11.4. The highest BCUT2D eigenvalue weighted by molar-refractivity contribution is 7.90. The Morgan fingerprint density at radius 2 is 1.81 bits per heavy atom. The van der Waals surface area contributed by atoms with Gasteiger partial charge in [0.25, 0.3) is 0 Å². The van der Waals surface area contributed by atoms with Crippen LogP contribution in [0.4, 0.5) is 5.13 Å². The Labute approximate surface area is 187 Å². The number of hydrogen-bond donors (Lipinski definition) is 0. The molecule has 1 amide bonds. The van der Waals surface area contributed by atoms with E-state index in [1.165, 1.54) is 23.9 Å². The van der Waals surface area contributed by atoms with E-state index in [4.69, 9.17) is 0 Å². The lowest BCUT2D eigenvalue weighted by atomic mass is 10.0. The van der Waals surface area contributed by atoms with Crippen molar-refractivity contribution in [3.63, 3.8) is 0 Å². The lowest BCUT2D eigenvalue weighted by Crippen LogP contribution is -2.46. The number of sulfone groups is 1. The summed E-state index contributed by atoms with van der Waals surface area (Å²) in [7, 11) is -3.32. The molecular formula is C20H28N6O3S2. The summed E-state index contributed by atoms with van der Waals surface area (Å²) in [6.45, 7) is 6.70. The first kappa shape index (κ1) is 22.1. The van der Waals surface area contributed by atoms with Crippen LogP contribution >= 0.6 is 11.5 Å². The van der Waals surface area contributed by atoms with E-state index in [0.717, 1.165) is 56.1 Å². The standard InChI is InChI=1S/C20H28N6O3S2/c1-13(2)18-23-20(30-24-18)25-7-5-15(6-8-25)26-9-4-14(19(26)27)10-17-21-11-16(12-22-17)31(3,28)29/h11-15H,4-10H2,1-3H3/t14-/m1/s1. The molecule has 0 unspecified atom stereocenters. The normalized spacial score (nSPS) is 20.8. The molecule has 4 rings (SSSR count). The van der Waals surface area contributed by atoms with Gasteiger partial charge in [0, 0.05) is 74.1 Å². The quantitative estimate of drug-likeness (QED) is 0.638. The second kappa shape index (κ2) is 8.78. The van der Waals surface area contributed by atoms with Gasteiger partial charge in [0.2, 0.25) is 11.0 Å². The number of likely N-dealkylation sites (tertiary alicyclic amines) is 1. The first-order valence-corrected chi connectivity index (χ1v) is 13.3. The Balaban J connectivity index is 1.32. The maximum absolute atomic E-state index is 13.0. The summed E-state index contributed by atoms with van der Waals surface area (Å²) in [5.41, 5.74) is 0.